The first-order valence-corrected chi connectivity index (χ1v) is 21.0. The van der Waals surface area contributed by atoms with Crippen molar-refractivity contribution in [2.75, 3.05) is 6.61 Å². The van der Waals surface area contributed by atoms with Crippen LogP contribution in [0.5, 0.6) is 0 Å². The zero-order valence-electron chi connectivity index (χ0n) is 35.8. The third kappa shape index (κ3) is 8.48. The summed E-state index contributed by atoms with van der Waals surface area (Å²) in [5, 5.41) is 39.8. The molecule has 0 aromatic carbocycles. The highest BCUT2D eigenvalue weighted by molar-refractivity contribution is 6.33. The van der Waals surface area contributed by atoms with Gasteiger partial charge in [-0.2, -0.15) is 0 Å². The number of Topliss-reactive ketones (excluding diaryl/α,β-unsaturated/α-hetero) is 2. The second-order valence-corrected chi connectivity index (χ2v) is 18.7. The van der Waals surface area contributed by atoms with E-state index in [1.54, 1.807) is 0 Å². The van der Waals surface area contributed by atoms with Crippen molar-refractivity contribution in [3.8, 4) is 0 Å². The Labute approximate surface area is 345 Å². The summed E-state index contributed by atoms with van der Waals surface area (Å²) in [6.45, 7) is 13.3. The molecule has 4 fully saturated rings. The molecule has 16 nitrogen and oxygen atoms in total. The lowest BCUT2D eigenvalue weighted by molar-refractivity contribution is -0.347. The van der Waals surface area contributed by atoms with Gasteiger partial charge in [0.1, 0.15) is 23.9 Å². The summed E-state index contributed by atoms with van der Waals surface area (Å²) in [4.78, 5) is 96.3. The smallest absolute Gasteiger partial charge is 0.374 e. The fraction of sp³-hybridized carbons (Fsp3) is 0.791. The minimum Gasteiger partial charge on any atom is -0.456 e. The maximum Gasteiger partial charge on any atom is 0.374 e. The SMILES string of the molecule is CC(=O)O[C@H]1C(=O)[C@@]2(C)[C@H]([C@@H]3OC(=O)C(=O)CC(C)CCCCCCC(=O)N[C@@H](CC(C)C)[C@@H](O)C(=O)O[C@H]4C[C@]3(O)C(C)(C)C1=C4C)[C@]1(OC(C)=O)CO[C@@H]1C[C@@H]2O. The van der Waals surface area contributed by atoms with E-state index >= 15 is 4.79 Å². The fourth-order valence-electron chi connectivity index (χ4n) is 10.5. The summed E-state index contributed by atoms with van der Waals surface area (Å²) in [6.07, 6.45) is -7.15. The van der Waals surface area contributed by atoms with Crippen LogP contribution in [-0.2, 0) is 57.2 Å². The minimum atomic E-state index is -2.45. The highest BCUT2D eigenvalue weighted by atomic mass is 16.6. The van der Waals surface area contributed by atoms with Crippen molar-refractivity contribution < 1.29 is 72.6 Å². The van der Waals surface area contributed by atoms with Crippen LogP contribution >= 0.6 is 0 Å². The number of aliphatic hydroxyl groups is 3. The summed E-state index contributed by atoms with van der Waals surface area (Å²) in [6, 6.07) is -1.05. The van der Waals surface area contributed by atoms with E-state index in [0.29, 0.717) is 25.7 Å². The number of carbonyl (C=O) groups is 7. The van der Waals surface area contributed by atoms with Crippen LogP contribution in [0.2, 0.25) is 0 Å². The third-order valence-corrected chi connectivity index (χ3v) is 13.7. The van der Waals surface area contributed by atoms with Crippen LogP contribution in [0.15, 0.2) is 11.1 Å². The molecule has 0 radical (unpaired) electrons. The predicted octanol–water partition coefficient (Wildman–Crippen LogP) is 2.73. The number of nitrogens with one attached hydrogen (secondary N) is 1. The van der Waals surface area contributed by atoms with Crippen molar-refractivity contribution in [2.24, 2.45) is 28.6 Å². The van der Waals surface area contributed by atoms with Crippen LogP contribution in [-0.4, -0.2) is 117 Å². The first kappa shape index (κ1) is 46.3. The number of carbonyl (C=O) groups excluding carboxylic acids is 7. The van der Waals surface area contributed by atoms with E-state index in [2.05, 4.69) is 5.32 Å². The molecule has 0 aromatic heterocycles. The Hall–Kier alpha value is -3.73. The Balaban J connectivity index is 1.77. The molecule has 5 rings (SSSR count). The van der Waals surface area contributed by atoms with E-state index in [9.17, 15) is 44.1 Å². The zero-order valence-corrected chi connectivity index (χ0v) is 35.8. The number of hydrogen-bond donors (Lipinski definition) is 4. The lowest BCUT2D eigenvalue weighted by Gasteiger charge is -2.67. The van der Waals surface area contributed by atoms with Crippen molar-refractivity contribution in [1.82, 2.24) is 5.32 Å². The summed E-state index contributed by atoms with van der Waals surface area (Å²) < 4.78 is 29.9. The number of fused-ring (bicyclic) bond motifs is 6. The van der Waals surface area contributed by atoms with Crippen molar-refractivity contribution in [3.05, 3.63) is 11.1 Å². The number of hydrogen-bond acceptors (Lipinski definition) is 15. The fourth-order valence-corrected chi connectivity index (χ4v) is 10.5. The quantitative estimate of drug-likeness (QED) is 0.138. The van der Waals surface area contributed by atoms with Gasteiger partial charge >= 0.3 is 23.9 Å². The maximum atomic E-state index is 15.4. The number of aliphatic hydroxyl groups excluding tert-OH is 2. The molecule has 5 aliphatic rings. The molecule has 2 heterocycles. The number of esters is 4. The monoisotopic (exact) mass is 833 g/mol. The van der Waals surface area contributed by atoms with Gasteiger partial charge in [0.05, 0.1) is 30.1 Å². The molecule has 0 spiro atoms. The molecule has 2 saturated carbocycles. The molecule has 0 aromatic rings. The summed E-state index contributed by atoms with van der Waals surface area (Å²) in [7, 11) is 0. The summed E-state index contributed by atoms with van der Waals surface area (Å²) >= 11 is 0. The van der Waals surface area contributed by atoms with E-state index in [-0.39, 0.29) is 61.2 Å². The van der Waals surface area contributed by atoms with Crippen molar-refractivity contribution in [3.63, 3.8) is 0 Å². The summed E-state index contributed by atoms with van der Waals surface area (Å²) in [5.41, 5.74) is -7.91. The van der Waals surface area contributed by atoms with E-state index in [1.807, 2.05) is 20.8 Å². The Morgan fingerprint density at radius 1 is 0.966 bits per heavy atom. The number of amides is 1. The van der Waals surface area contributed by atoms with E-state index < -0.39 is 112 Å². The van der Waals surface area contributed by atoms with Crippen molar-refractivity contribution in [2.45, 2.75) is 180 Å². The summed E-state index contributed by atoms with van der Waals surface area (Å²) in [5.74, 6) is -8.33. The molecular formula is C43H63NO15. The Morgan fingerprint density at radius 2 is 1.63 bits per heavy atom. The standard InChI is InChI=1S/C43H63NO15/c1-21(2)16-26-33(50)39(53)57-28-19-43(54)37(58-38(52)27(47)17-22(3)14-12-10-11-13-15-31(49)44-26)35-41(9,29(48)18-30-42(35,20-55-30)59-25(6)46)36(51)34(56-24(5)45)32(23(28)4)40(43,7)8/h21-22,26,28-30,33-35,37,48,50,54H,10-20H2,1-9H3,(H,44,49)/t22?,26-,28-,29-,30+,33+,34+,35-,37-,41+,42-,43+/m0/s1. The maximum absolute atomic E-state index is 15.4. The molecule has 59 heavy (non-hydrogen) atoms. The van der Waals surface area contributed by atoms with Gasteiger partial charge in [-0.3, -0.25) is 24.0 Å². The molecule has 12 atom stereocenters. The van der Waals surface area contributed by atoms with Gasteiger partial charge in [0, 0.05) is 44.9 Å². The zero-order chi connectivity index (χ0) is 44.0. The minimum absolute atomic E-state index is 0.0226. The molecule has 4 N–H and O–H groups in total. The number of rotatable bonds is 4. The molecule has 3 bridgehead atoms. The number of ketones is 2. The van der Waals surface area contributed by atoms with Crippen LogP contribution in [0.1, 0.15) is 127 Å². The molecule has 1 unspecified atom stereocenters. The average molecular weight is 834 g/mol. The lowest BCUT2D eigenvalue weighted by atomic mass is 9.44. The van der Waals surface area contributed by atoms with Crippen LogP contribution < -0.4 is 5.32 Å². The normalized spacial score (nSPS) is 39.8. The van der Waals surface area contributed by atoms with Gasteiger partial charge in [-0.15, -0.1) is 0 Å². The lowest BCUT2D eigenvalue weighted by Crippen LogP contribution is -2.82. The van der Waals surface area contributed by atoms with Gasteiger partial charge < -0.3 is 44.3 Å². The predicted molar refractivity (Wildman–Crippen MR) is 207 cm³/mol. The van der Waals surface area contributed by atoms with E-state index in [4.69, 9.17) is 23.7 Å². The van der Waals surface area contributed by atoms with Crippen molar-refractivity contribution in [1.29, 1.82) is 0 Å². The highest BCUT2D eigenvalue weighted by Gasteiger charge is 2.78. The molecular weight excluding hydrogens is 770 g/mol. The van der Waals surface area contributed by atoms with Crippen molar-refractivity contribution >= 4 is 41.4 Å². The molecule has 16 heteroatoms. The van der Waals surface area contributed by atoms with Gasteiger partial charge in [0.25, 0.3) is 0 Å². The Bertz CT molecular complexity index is 1740. The molecule has 2 aliphatic heterocycles. The first-order chi connectivity index (χ1) is 27.4. The molecule has 1 amide bonds. The van der Waals surface area contributed by atoms with Crippen LogP contribution in [0.25, 0.3) is 0 Å². The highest BCUT2D eigenvalue weighted by Crippen LogP contribution is 2.64. The van der Waals surface area contributed by atoms with Gasteiger partial charge in [0.2, 0.25) is 11.7 Å². The second kappa shape index (κ2) is 17.3. The number of ether oxygens (including phenoxy) is 5. The Morgan fingerprint density at radius 3 is 2.22 bits per heavy atom. The topological polar surface area (TPSA) is 238 Å². The largest absolute Gasteiger partial charge is 0.456 e. The third-order valence-electron chi connectivity index (χ3n) is 13.7. The molecule has 2 saturated heterocycles. The van der Waals surface area contributed by atoms with Gasteiger partial charge in [0.15, 0.2) is 23.6 Å². The van der Waals surface area contributed by atoms with Gasteiger partial charge in [-0.25, -0.2) is 9.59 Å². The average Bonchev–Trinajstić information content (AvgIpc) is 3.12. The first-order valence-electron chi connectivity index (χ1n) is 21.0. The van der Waals surface area contributed by atoms with Gasteiger partial charge in [-0.1, -0.05) is 60.3 Å². The van der Waals surface area contributed by atoms with Crippen LogP contribution in [0.3, 0.4) is 0 Å². The van der Waals surface area contributed by atoms with Crippen LogP contribution in [0.4, 0.5) is 0 Å². The molecule has 3 aliphatic carbocycles. The van der Waals surface area contributed by atoms with Crippen LogP contribution in [0, 0.1) is 28.6 Å². The van der Waals surface area contributed by atoms with E-state index in [0.717, 1.165) is 20.3 Å². The molecule has 330 valence electrons. The Kier molecular flexibility index (Phi) is 13.6. The van der Waals surface area contributed by atoms with E-state index in [1.165, 1.54) is 27.7 Å². The second-order valence-electron chi connectivity index (χ2n) is 18.7. The van der Waals surface area contributed by atoms with Gasteiger partial charge in [-0.05, 0) is 49.7 Å².